The van der Waals surface area contributed by atoms with Crippen LogP contribution in [0.2, 0.25) is 0 Å². The first-order valence-corrected chi connectivity index (χ1v) is 20.3. The predicted molar refractivity (Wildman–Crippen MR) is 205 cm³/mol. The summed E-state index contributed by atoms with van der Waals surface area (Å²) in [5.74, 6) is 0.865. The fourth-order valence-corrected chi connectivity index (χ4v) is 7.99. The van der Waals surface area contributed by atoms with Crippen LogP contribution >= 0.6 is 0 Å². The molecule has 2 aliphatic rings. The smallest absolute Gasteiger partial charge is 0.324 e. The summed E-state index contributed by atoms with van der Waals surface area (Å²) in [6.07, 6.45) is 8.49. The Hall–Kier alpha value is -2.20. The summed E-state index contributed by atoms with van der Waals surface area (Å²) < 4.78 is 22.4. The first-order valence-electron chi connectivity index (χ1n) is 20.3. The van der Waals surface area contributed by atoms with Gasteiger partial charge in [0.2, 0.25) is 0 Å². The van der Waals surface area contributed by atoms with E-state index >= 15 is 0 Å². The minimum Gasteiger partial charge on any atom is -0.463 e. The maximum atomic E-state index is 13.2. The SMILES string of the molecule is CCC(C)OC(=O)CC(NCC1CCCC1C(C(C)C)C1CCC(C)(CNC(CC(=O)OC(C)CC)C(=O)OC(C)CC)C1)C(=O)OC(C)CC.[HH].[HH]. The number of rotatable bonds is 23. The first-order chi connectivity index (χ1) is 24.1. The molecule has 10 nitrogen and oxygen atoms in total. The molecule has 2 saturated carbocycles. The molecule has 11 atom stereocenters. The number of carbonyl (C=O) groups is 4. The molecular weight excluding hydrogens is 648 g/mol. The lowest BCUT2D eigenvalue weighted by Crippen LogP contribution is -2.45. The molecule has 0 aromatic rings. The van der Waals surface area contributed by atoms with Gasteiger partial charge in [-0.05, 0) is 127 Å². The Bertz CT molecular complexity index is 1100. The van der Waals surface area contributed by atoms with Crippen molar-refractivity contribution >= 4 is 23.9 Å². The highest BCUT2D eigenvalue weighted by atomic mass is 16.6. The summed E-state index contributed by atoms with van der Waals surface area (Å²) in [5.41, 5.74) is -0.0273. The Balaban J connectivity index is 0.0000135. The molecule has 0 aliphatic heterocycles. The van der Waals surface area contributed by atoms with Crippen molar-refractivity contribution < 1.29 is 41.0 Å². The third kappa shape index (κ3) is 15.0. The van der Waals surface area contributed by atoms with Gasteiger partial charge >= 0.3 is 23.9 Å². The molecule has 300 valence electrons. The van der Waals surface area contributed by atoms with Crippen LogP contribution in [-0.2, 0) is 38.1 Å². The molecule has 2 aliphatic carbocycles. The molecule has 0 bridgehead atoms. The van der Waals surface area contributed by atoms with Crippen molar-refractivity contribution in [2.45, 2.75) is 190 Å². The van der Waals surface area contributed by atoms with Crippen LogP contribution < -0.4 is 10.6 Å². The van der Waals surface area contributed by atoms with Crippen molar-refractivity contribution in [1.29, 1.82) is 0 Å². The summed E-state index contributed by atoms with van der Waals surface area (Å²) in [6, 6.07) is -1.49. The van der Waals surface area contributed by atoms with E-state index < -0.39 is 18.1 Å². The number of nitrogens with one attached hydrogen (secondary N) is 2. The molecule has 51 heavy (non-hydrogen) atoms. The largest absolute Gasteiger partial charge is 0.463 e. The lowest BCUT2D eigenvalue weighted by molar-refractivity contribution is -0.158. The summed E-state index contributed by atoms with van der Waals surface area (Å²) in [5, 5.41) is 6.91. The van der Waals surface area contributed by atoms with Gasteiger partial charge in [-0.25, -0.2) is 0 Å². The molecule has 0 aromatic heterocycles. The van der Waals surface area contributed by atoms with E-state index in [1.165, 1.54) is 0 Å². The van der Waals surface area contributed by atoms with Crippen LogP contribution in [0.1, 0.15) is 156 Å². The topological polar surface area (TPSA) is 129 Å². The Morgan fingerprint density at radius 2 is 1.16 bits per heavy atom. The number of ether oxygens (including phenoxy) is 4. The van der Waals surface area contributed by atoms with Gasteiger partial charge in [0.1, 0.15) is 12.1 Å². The quantitative estimate of drug-likeness (QED) is 0.0789. The van der Waals surface area contributed by atoms with Gasteiger partial charge in [0.15, 0.2) is 0 Å². The van der Waals surface area contributed by atoms with Crippen LogP contribution in [0.5, 0.6) is 0 Å². The molecule has 0 heterocycles. The van der Waals surface area contributed by atoms with Gasteiger partial charge in [-0.3, -0.25) is 19.2 Å². The van der Waals surface area contributed by atoms with E-state index in [0.717, 1.165) is 44.9 Å². The van der Waals surface area contributed by atoms with Crippen LogP contribution in [0.3, 0.4) is 0 Å². The number of carbonyl (C=O) groups excluding carboxylic acids is 4. The fourth-order valence-electron chi connectivity index (χ4n) is 7.99. The average Bonchev–Trinajstić information content (AvgIpc) is 3.70. The highest BCUT2D eigenvalue weighted by molar-refractivity contribution is 5.83. The molecule has 2 N–H and O–H groups in total. The number of esters is 4. The van der Waals surface area contributed by atoms with Crippen molar-refractivity contribution in [3.05, 3.63) is 0 Å². The van der Waals surface area contributed by atoms with Crippen LogP contribution in [0, 0.1) is 35.0 Å². The first kappa shape index (κ1) is 45.0. The van der Waals surface area contributed by atoms with E-state index in [0.29, 0.717) is 61.9 Å². The van der Waals surface area contributed by atoms with Gasteiger partial charge in [0.05, 0.1) is 37.3 Å². The average molecular weight is 727 g/mol. The minimum atomic E-state index is -0.750. The zero-order chi connectivity index (χ0) is 38.3. The minimum absolute atomic E-state index is 0. The standard InChI is InChI=1S/C41H74N2O8.2H2/c1-12-27(7)48-36(44)21-34(39(46)50-29(9)14-3)42-24-32-17-16-18-33(32)38(26(5)6)31-19-20-41(11,23-31)25-43-35(40(47)51-30(10)15-4)22-37(45)49-28(8)13-2;;/h26-35,38,42-43H,12-25H2,1-11H3;2*1H. The van der Waals surface area contributed by atoms with Crippen LogP contribution in [-0.4, -0.2) is 73.5 Å². The Kier molecular flexibility index (Phi) is 19.5. The van der Waals surface area contributed by atoms with Gasteiger partial charge in [0.25, 0.3) is 0 Å². The zero-order valence-corrected chi connectivity index (χ0v) is 34.0. The lowest BCUT2D eigenvalue weighted by Gasteiger charge is -2.38. The lowest BCUT2D eigenvalue weighted by atomic mass is 9.69. The Labute approximate surface area is 312 Å². The summed E-state index contributed by atoms with van der Waals surface area (Å²) in [4.78, 5) is 51.9. The third-order valence-corrected chi connectivity index (χ3v) is 11.7. The Morgan fingerprint density at radius 3 is 1.63 bits per heavy atom. The number of hydrogen-bond acceptors (Lipinski definition) is 10. The van der Waals surface area contributed by atoms with Gasteiger partial charge in [-0.15, -0.1) is 0 Å². The maximum Gasteiger partial charge on any atom is 0.324 e. The molecule has 11 unspecified atom stereocenters. The fraction of sp³-hybridized carbons (Fsp3) is 0.902. The van der Waals surface area contributed by atoms with Gasteiger partial charge in [-0.1, -0.05) is 54.9 Å². The highest BCUT2D eigenvalue weighted by Crippen LogP contribution is 2.52. The Morgan fingerprint density at radius 1 is 0.686 bits per heavy atom. The normalized spacial score (nSPS) is 26.1. The van der Waals surface area contributed by atoms with Crippen molar-refractivity contribution in [2.75, 3.05) is 13.1 Å². The van der Waals surface area contributed by atoms with E-state index in [9.17, 15) is 19.2 Å². The van der Waals surface area contributed by atoms with Gasteiger partial charge in [-0.2, -0.15) is 0 Å². The molecule has 2 fully saturated rings. The maximum absolute atomic E-state index is 13.2. The second-order valence-corrected chi connectivity index (χ2v) is 16.5. The summed E-state index contributed by atoms with van der Waals surface area (Å²) in [6.45, 7) is 23.6. The molecule has 2 rings (SSSR count). The molecule has 0 spiro atoms. The van der Waals surface area contributed by atoms with Crippen molar-refractivity contribution in [3.8, 4) is 0 Å². The van der Waals surface area contributed by atoms with Crippen LogP contribution in [0.25, 0.3) is 0 Å². The van der Waals surface area contributed by atoms with Gasteiger partial charge < -0.3 is 29.6 Å². The molecule has 0 radical (unpaired) electrons. The molecule has 0 aromatic carbocycles. The predicted octanol–water partition coefficient (Wildman–Crippen LogP) is 8.04. The summed E-state index contributed by atoms with van der Waals surface area (Å²) in [7, 11) is 0. The molecule has 0 saturated heterocycles. The third-order valence-electron chi connectivity index (χ3n) is 11.7. The zero-order valence-electron chi connectivity index (χ0n) is 34.0. The van der Waals surface area contributed by atoms with Crippen molar-refractivity contribution in [3.63, 3.8) is 0 Å². The van der Waals surface area contributed by atoms with E-state index in [1.54, 1.807) is 0 Å². The van der Waals surface area contributed by atoms with E-state index in [2.05, 4.69) is 31.4 Å². The van der Waals surface area contributed by atoms with E-state index in [1.807, 2.05) is 55.4 Å². The monoisotopic (exact) mass is 727 g/mol. The highest BCUT2D eigenvalue weighted by Gasteiger charge is 2.45. The van der Waals surface area contributed by atoms with Crippen molar-refractivity contribution in [2.24, 2.45) is 35.0 Å². The molecule has 0 amide bonds. The molecule has 10 heteroatoms. The van der Waals surface area contributed by atoms with Crippen LogP contribution in [0.4, 0.5) is 0 Å². The van der Waals surface area contributed by atoms with Gasteiger partial charge in [0, 0.05) is 9.40 Å². The number of hydrogen-bond donors (Lipinski definition) is 2. The molecular formula is C41H78N2O8. The summed E-state index contributed by atoms with van der Waals surface area (Å²) >= 11 is 0. The second-order valence-electron chi connectivity index (χ2n) is 16.5. The second kappa shape index (κ2) is 22.1. The van der Waals surface area contributed by atoms with Crippen LogP contribution in [0.15, 0.2) is 0 Å². The van der Waals surface area contributed by atoms with E-state index in [-0.39, 0.29) is 63.4 Å². The van der Waals surface area contributed by atoms with E-state index in [4.69, 9.17) is 18.9 Å². The van der Waals surface area contributed by atoms with Crippen molar-refractivity contribution in [1.82, 2.24) is 10.6 Å².